The van der Waals surface area contributed by atoms with E-state index in [2.05, 4.69) is 0 Å². The molecule has 1 aromatic rings. The average molecular weight is 221 g/mol. The van der Waals surface area contributed by atoms with Crippen molar-refractivity contribution >= 4 is 5.97 Å². The van der Waals surface area contributed by atoms with Crippen molar-refractivity contribution in [3.8, 4) is 0 Å². The van der Waals surface area contributed by atoms with Gasteiger partial charge in [0.15, 0.2) is 0 Å². The third kappa shape index (κ3) is 3.66. The predicted octanol–water partition coefficient (Wildman–Crippen LogP) is 2.07. The van der Waals surface area contributed by atoms with E-state index in [9.17, 15) is 4.79 Å². The van der Waals surface area contributed by atoms with Gasteiger partial charge in [-0.15, -0.1) is 0 Å². The Hall–Kier alpha value is -1.35. The second-order valence-corrected chi connectivity index (χ2v) is 3.83. The van der Waals surface area contributed by atoms with Crippen molar-refractivity contribution in [2.45, 2.75) is 26.4 Å². The first-order valence-electron chi connectivity index (χ1n) is 5.56. The van der Waals surface area contributed by atoms with Gasteiger partial charge in [-0.1, -0.05) is 30.3 Å². The molecule has 0 radical (unpaired) electrons. The topological polar surface area (TPSA) is 29.5 Å². The average Bonchev–Trinajstić information content (AvgIpc) is 2.29. The van der Waals surface area contributed by atoms with Gasteiger partial charge in [-0.25, -0.2) is 0 Å². The third-order valence-electron chi connectivity index (χ3n) is 2.56. The number of nitrogens with zero attached hydrogens (tertiary/aromatic N) is 1. The van der Waals surface area contributed by atoms with E-state index in [0.29, 0.717) is 6.61 Å². The lowest BCUT2D eigenvalue weighted by Crippen LogP contribution is -2.36. The zero-order valence-electron chi connectivity index (χ0n) is 10.1. The van der Waals surface area contributed by atoms with Crippen molar-refractivity contribution < 1.29 is 9.53 Å². The van der Waals surface area contributed by atoms with Crippen molar-refractivity contribution in [1.29, 1.82) is 0 Å². The molecule has 1 aromatic carbocycles. The van der Waals surface area contributed by atoms with Crippen LogP contribution < -0.4 is 0 Å². The highest BCUT2D eigenvalue weighted by Gasteiger charge is 2.18. The Labute approximate surface area is 97.0 Å². The largest absolute Gasteiger partial charge is 0.465 e. The highest BCUT2D eigenvalue weighted by molar-refractivity contribution is 5.75. The quantitative estimate of drug-likeness (QED) is 0.713. The molecule has 3 heteroatoms. The molecule has 0 unspecified atom stereocenters. The molecule has 0 aliphatic heterocycles. The summed E-state index contributed by atoms with van der Waals surface area (Å²) in [6, 6.07) is 9.87. The second-order valence-electron chi connectivity index (χ2n) is 3.83. The van der Waals surface area contributed by atoms with E-state index in [4.69, 9.17) is 4.74 Å². The summed E-state index contributed by atoms with van der Waals surface area (Å²) in [4.78, 5) is 13.5. The first-order valence-corrected chi connectivity index (χ1v) is 5.56. The van der Waals surface area contributed by atoms with Gasteiger partial charge in [-0.3, -0.25) is 9.69 Å². The molecule has 1 atom stereocenters. The molecular formula is C13H19NO2. The summed E-state index contributed by atoms with van der Waals surface area (Å²) in [5, 5.41) is 0. The van der Waals surface area contributed by atoms with Crippen molar-refractivity contribution in [2.24, 2.45) is 0 Å². The summed E-state index contributed by atoms with van der Waals surface area (Å²) in [6.07, 6.45) is 0. The Balaban J connectivity index is 2.52. The van der Waals surface area contributed by atoms with Crippen LogP contribution in [0.15, 0.2) is 30.3 Å². The highest BCUT2D eigenvalue weighted by atomic mass is 16.5. The van der Waals surface area contributed by atoms with Gasteiger partial charge in [-0.2, -0.15) is 0 Å². The molecule has 88 valence electrons. The van der Waals surface area contributed by atoms with Crippen LogP contribution in [0.1, 0.15) is 19.4 Å². The maximum Gasteiger partial charge on any atom is 0.323 e. The van der Waals surface area contributed by atoms with Gasteiger partial charge in [0, 0.05) is 6.54 Å². The van der Waals surface area contributed by atoms with Crippen LogP contribution in [0.3, 0.4) is 0 Å². The molecule has 0 aromatic heterocycles. The normalized spacial score (nSPS) is 12.5. The Kier molecular flexibility index (Phi) is 4.99. The van der Waals surface area contributed by atoms with E-state index in [1.54, 1.807) is 0 Å². The van der Waals surface area contributed by atoms with Crippen molar-refractivity contribution in [1.82, 2.24) is 4.90 Å². The van der Waals surface area contributed by atoms with Gasteiger partial charge in [0.05, 0.1) is 6.61 Å². The molecule has 1 rings (SSSR count). The van der Waals surface area contributed by atoms with Gasteiger partial charge in [0.2, 0.25) is 0 Å². The SMILES string of the molecule is CCOC(=O)[C@H](C)N(C)Cc1ccccc1. The number of esters is 1. The molecule has 0 spiro atoms. The summed E-state index contributed by atoms with van der Waals surface area (Å²) < 4.78 is 4.98. The van der Waals surface area contributed by atoms with E-state index < -0.39 is 0 Å². The Bertz CT molecular complexity index is 324. The lowest BCUT2D eigenvalue weighted by molar-refractivity contribution is -0.148. The third-order valence-corrected chi connectivity index (χ3v) is 2.56. The molecule has 0 bridgehead atoms. The smallest absolute Gasteiger partial charge is 0.323 e. The molecule has 3 nitrogen and oxygen atoms in total. The van der Waals surface area contributed by atoms with Crippen LogP contribution in [-0.4, -0.2) is 30.6 Å². The maximum absolute atomic E-state index is 11.5. The summed E-state index contributed by atoms with van der Waals surface area (Å²) in [7, 11) is 1.93. The van der Waals surface area contributed by atoms with Crippen LogP contribution in [0.5, 0.6) is 0 Å². The fourth-order valence-corrected chi connectivity index (χ4v) is 1.45. The predicted molar refractivity (Wildman–Crippen MR) is 64.0 cm³/mol. The van der Waals surface area contributed by atoms with Crippen LogP contribution in [-0.2, 0) is 16.1 Å². The summed E-state index contributed by atoms with van der Waals surface area (Å²) in [5.41, 5.74) is 1.20. The first-order chi connectivity index (χ1) is 7.65. The van der Waals surface area contributed by atoms with Crippen molar-refractivity contribution in [2.75, 3.05) is 13.7 Å². The Morgan fingerprint density at radius 2 is 2.00 bits per heavy atom. The van der Waals surface area contributed by atoms with Crippen LogP contribution in [0.2, 0.25) is 0 Å². The van der Waals surface area contributed by atoms with Crippen LogP contribution in [0, 0.1) is 0 Å². The molecule has 0 N–H and O–H groups in total. The van der Waals surface area contributed by atoms with E-state index in [-0.39, 0.29) is 12.0 Å². The number of benzene rings is 1. The minimum absolute atomic E-state index is 0.166. The van der Waals surface area contributed by atoms with Gasteiger partial charge in [0.1, 0.15) is 6.04 Å². The Morgan fingerprint density at radius 3 is 2.56 bits per heavy atom. The number of hydrogen-bond acceptors (Lipinski definition) is 3. The number of likely N-dealkylation sites (N-methyl/N-ethyl adjacent to an activating group) is 1. The molecule has 0 aliphatic rings. The molecule has 0 amide bonds. The number of hydrogen-bond donors (Lipinski definition) is 0. The zero-order valence-corrected chi connectivity index (χ0v) is 10.1. The molecule has 16 heavy (non-hydrogen) atoms. The standard InChI is InChI=1S/C13H19NO2/c1-4-16-13(15)11(2)14(3)10-12-8-6-5-7-9-12/h5-9,11H,4,10H2,1-3H3/t11-/m0/s1. The fourth-order valence-electron chi connectivity index (χ4n) is 1.45. The number of rotatable bonds is 5. The molecule has 0 fully saturated rings. The number of carbonyl (C=O) groups is 1. The molecule has 0 heterocycles. The van der Waals surface area contributed by atoms with Gasteiger partial charge in [0.25, 0.3) is 0 Å². The summed E-state index contributed by atoms with van der Waals surface area (Å²) in [6.45, 7) is 4.87. The number of ether oxygens (including phenoxy) is 1. The highest BCUT2D eigenvalue weighted by Crippen LogP contribution is 2.06. The maximum atomic E-state index is 11.5. The van der Waals surface area contributed by atoms with E-state index in [1.807, 2.05) is 56.1 Å². The molecular weight excluding hydrogens is 202 g/mol. The van der Waals surface area contributed by atoms with Gasteiger partial charge < -0.3 is 4.74 Å². The minimum Gasteiger partial charge on any atom is -0.465 e. The second kappa shape index (κ2) is 6.28. The first kappa shape index (κ1) is 12.7. The van der Waals surface area contributed by atoms with Gasteiger partial charge >= 0.3 is 5.97 Å². The Morgan fingerprint density at radius 1 is 1.38 bits per heavy atom. The van der Waals surface area contributed by atoms with Crippen LogP contribution in [0.4, 0.5) is 0 Å². The summed E-state index contributed by atoms with van der Waals surface area (Å²) in [5.74, 6) is -0.166. The van der Waals surface area contributed by atoms with E-state index >= 15 is 0 Å². The molecule has 0 aliphatic carbocycles. The summed E-state index contributed by atoms with van der Waals surface area (Å²) >= 11 is 0. The molecule has 0 saturated carbocycles. The van der Waals surface area contributed by atoms with E-state index in [0.717, 1.165) is 6.54 Å². The zero-order chi connectivity index (χ0) is 12.0. The van der Waals surface area contributed by atoms with Crippen molar-refractivity contribution in [3.63, 3.8) is 0 Å². The van der Waals surface area contributed by atoms with Crippen molar-refractivity contribution in [3.05, 3.63) is 35.9 Å². The molecule has 0 saturated heterocycles. The van der Waals surface area contributed by atoms with E-state index in [1.165, 1.54) is 5.56 Å². The van der Waals surface area contributed by atoms with Crippen LogP contribution >= 0.6 is 0 Å². The fraction of sp³-hybridized carbons (Fsp3) is 0.462. The number of carbonyl (C=O) groups excluding carboxylic acids is 1. The lowest BCUT2D eigenvalue weighted by Gasteiger charge is -2.22. The van der Waals surface area contributed by atoms with Gasteiger partial charge in [-0.05, 0) is 26.5 Å². The lowest BCUT2D eigenvalue weighted by atomic mass is 10.2. The van der Waals surface area contributed by atoms with Crippen LogP contribution in [0.25, 0.3) is 0 Å². The minimum atomic E-state index is -0.208. The monoisotopic (exact) mass is 221 g/mol.